The van der Waals surface area contributed by atoms with Crippen LogP contribution < -0.4 is 5.56 Å². The highest BCUT2D eigenvalue weighted by Crippen LogP contribution is 2.08. The van der Waals surface area contributed by atoms with E-state index in [0.29, 0.717) is 18.7 Å². The molecule has 0 N–H and O–H groups in total. The first-order valence-electron chi connectivity index (χ1n) is 6.61. The monoisotopic (exact) mass is 270 g/mol. The molecule has 0 aliphatic carbocycles. The molecule has 1 heterocycles. The van der Waals surface area contributed by atoms with E-state index in [1.165, 1.54) is 10.6 Å². The molecular weight excluding hydrogens is 252 g/mol. The zero-order chi connectivity index (χ0) is 14.5. The summed E-state index contributed by atoms with van der Waals surface area (Å²) < 4.78 is 1.42. The summed E-state index contributed by atoms with van der Waals surface area (Å²) in [5.41, 5.74) is 1.50. The molecule has 0 atom stereocenters. The van der Waals surface area contributed by atoms with E-state index in [1.54, 1.807) is 24.2 Å². The van der Waals surface area contributed by atoms with Crippen LogP contribution in [0.4, 0.5) is 0 Å². The summed E-state index contributed by atoms with van der Waals surface area (Å²) in [5, 5.41) is 0. The molecule has 0 saturated heterocycles. The number of nitrogens with zero attached hydrogens (tertiary/aromatic N) is 2. The van der Waals surface area contributed by atoms with Gasteiger partial charge in [-0.15, -0.1) is 0 Å². The van der Waals surface area contributed by atoms with Crippen LogP contribution in [0, 0.1) is 0 Å². The number of rotatable bonds is 4. The maximum Gasteiger partial charge on any atom is 0.255 e. The Morgan fingerprint density at radius 1 is 1.15 bits per heavy atom. The van der Waals surface area contributed by atoms with Gasteiger partial charge >= 0.3 is 0 Å². The zero-order valence-corrected chi connectivity index (χ0v) is 11.7. The minimum absolute atomic E-state index is 0.0630. The van der Waals surface area contributed by atoms with Gasteiger partial charge in [-0.2, -0.15) is 0 Å². The standard InChI is InChI=1S/C16H18N2O2/c1-3-18(11-13-7-5-4-6-8-13)16(20)14-9-10-15(19)17(2)12-14/h4-10,12H,3,11H2,1-2H3. The van der Waals surface area contributed by atoms with Crippen molar-refractivity contribution in [1.82, 2.24) is 9.47 Å². The SMILES string of the molecule is CCN(Cc1ccccc1)C(=O)c1ccc(=O)n(C)c1. The van der Waals surface area contributed by atoms with E-state index in [0.717, 1.165) is 5.56 Å². The molecule has 0 aliphatic heterocycles. The molecule has 0 radical (unpaired) electrons. The van der Waals surface area contributed by atoms with Crippen molar-refractivity contribution in [3.63, 3.8) is 0 Å². The molecule has 0 fully saturated rings. The second-order valence-electron chi connectivity index (χ2n) is 4.67. The Morgan fingerprint density at radius 2 is 1.85 bits per heavy atom. The van der Waals surface area contributed by atoms with Crippen LogP contribution in [0.15, 0.2) is 53.5 Å². The fraction of sp³-hybridized carbons (Fsp3) is 0.250. The van der Waals surface area contributed by atoms with Gasteiger partial charge in [-0.05, 0) is 18.6 Å². The summed E-state index contributed by atoms with van der Waals surface area (Å²) >= 11 is 0. The number of carbonyl (C=O) groups is 1. The molecule has 1 amide bonds. The van der Waals surface area contributed by atoms with Gasteiger partial charge in [0.25, 0.3) is 5.91 Å². The molecule has 2 rings (SSSR count). The van der Waals surface area contributed by atoms with Gasteiger partial charge < -0.3 is 9.47 Å². The molecule has 2 aromatic rings. The van der Waals surface area contributed by atoms with Crippen LogP contribution in [-0.4, -0.2) is 21.9 Å². The lowest BCUT2D eigenvalue weighted by molar-refractivity contribution is 0.0751. The van der Waals surface area contributed by atoms with Crippen LogP contribution >= 0.6 is 0 Å². The Bertz CT molecular complexity index is 647. The molecule has 0 saturated carbocycles. The van der Waals surface area contributed by atoms with Crippen molar-refractivity contribution in [3.05, 3.63) is 70.1 Å². The molecular formula is C16H18N2O2. The van der Waals surface area contributed by atoms with Crippen LogP contribution in [0.5, 0.6) is 0 Å². The molecule has 104 valence electrons. The fourth-order valence-corrected chi connectivity index (χ4v) is 2.03. The van der Waals surface area contributed by atoms with Gasteiger partial charge in [0.15, 0.2) is 0 Å². The predicted octanol–water partition coefficient (Wildman–Crippen LogP) is 2.05. The first kappa shape index (κ1) is 14.1. The highest BCUT2D eigenvalue weighted by molar-refractivity contribution is 5.93. The lowest BCUT2D eigenvalue weighted by Crippen LogP contribution is -2.31. The first-order valence-corrected chi connectivity index (χ1v) is 6.61. The van der Waals surface area contributed by atoms with Gasteiger partial charge in [0, 0.05) is 32.4 Å². The van der Waals surface area contributed by atoms with Crippen LogP contribution in [-0.2, 0) is 13.6 Å². The number of pyridine rings is 1. The van der Waals surface area contributed by atoms with Crippen molar-refractivity contribution >= 4 is 5.91 Å². The third-order valence-electron chi connectivity index (χ3n) is 3.22. The number of carbonyl (C=O) groups excluding carboxylic acids is 1. The highest BCUT2D eigenvalue weighted by atomic mass is 16.2. The van der Waals surface area contributed by atoms with Gasteiger partial charge in [0.2, 0.25) is 5.56 Å². The topological polar surface area (TPSA) is 42.3 Å². The fourth-order valence-electron chi connectivity index (χ4n) is 2.03. The number of hydrogen-bond acceptors (Lipinski definition) is 2. The summed E-state index contributed by atoms with van der Waals surface area (Å²) in [7, 11) is 1.65. The molecule has 4 heteroatoms. The molecule has 0 bridgehead atoms. The molecule has 4 nitrogen and oxygen atoms in total. The Balaban J connectivity index is 2.20. The molecule has 0 aliphatic rings. The largest absolute Gasteiger partial charge is 0.335 e. The molecule has 1 aromatic heterocycles. The zero-order valence-electron chi connectivity index (χ0n) is 11.7. The smallest absolute Gasteiger partial charge is 0.255 e. The summed E-state index contributed by atoms with van der Waals surface area (Å²) in [6.45, 7) is 3.14. The highest BCUT2D eigenvalue weighted by Gasteiger charge is 2.15. The van der Waals surface area contributed by atoms with E-state index in [9.17, 15) is 9.59 Å². The third kappa shape index (κ3) is 3.15. The van der Waals surface area contributed by atoms with Crippen molar-refractivity contribution in [3.8, 4) is 0 Å². The summed E-state index contributed by atoms with van der Waals surface area (Å²) in [6.07, 6.45) is 1.58. The number of aromatic nitrogens is 1. The van der Waals surface area contributed by atoms with Crippen LogP contribution in [0.2, 0.25) is 0 Å². The summed E-state index contributed by atoms with van der Waals surface area (Å²) in [5.74, 6) is -0.0630. The van der Waals surface area contributed by atoms with Crippen LogP contribution in [0.25, 0.3) is 0 Å². The maximum absolute atomic E-state index is 12.5. The first-order chi connectivity index (χ1) is 9.61. The number of aryl methyl sites for hydroxylation is 1. The van der Waals surface area contributed by atoms with Gasteiger partial charge in [-0.3, -0.25) is 9.59 Å². The Labute approximate surface area is 118 Å². The predicted molar refractivity (Wildman–Crippen MR) is 78.5 cm³/mol. The summed E-state index contributed by atoms with van der Waals surface area (Å²) in [4.78, 5) is 25.6. The van der Waals surface area contributed by atoms with Gasteiger partial charge in [-0.25, -0.2) is 0 Å². The lowest BCUT2D eigenvalue weighted by atomic mass is 10.2. The quantitative estimate of drug-likeness (QED) is 0.853. The van der Waals surface area contributed by atoms with Crippen molar-refractivity contribution in [1.29, 1.82) is 0 Å². The molecule has 20 heavy (non-hydrogen) atoms. The maximum atomic E-state index is 12.5. The average Bonchev–Trinajstić information content (AvgIpc) is 2.48. The third-order valence-corrected chi connectivity index (χ3v) is 3.22. The summed E-state index contributed by atoms with van der Waals surface area (Å²) in [6, 6.07) is 12.9. The number of benzene rings is 1. The lowest BCUT2D eigenvalue weighted by Gasteiger charge is -2.21. The van der Waals surface area contributed by atoms with E-state index in [2.05, 4.69) is 0 Å². The minimum Gasteiger partial charge on any atom is -0.335 e. The van der Waals surface area contributed by atoms with Crippen molar-refractivity contribution in [2.75, 3.05) is 6.54 Å². The van der Waals surface area contributed by atoms with Crippen LogP contribution in [0.3, 0.4) is 0 Å². The van der Waals surface area contributed by atoms with Crippen molar-refractivity contribution in [2.45, 2.75) is 13.5 Å². The van der Waals surface area contributed by atoms with E-state index in [4.69, 9.17) is 0 Å². The second-order valence-corrected chi connectivity index (χ2v) is 4.67. The van der Waals surface area contributed by atoms with E-state index in [-0.39, 0.29) is 11.5 Å². The average molecular weight is 270 g/mol. The Morgan fingerprint density at radius 3 is 2.45 bits per heavy atom. The van der Waals surface area contributed by atoms with E-state index >= 15 is 0 Å². The number of hydrogen-bond donors (Lipinski definition) is 0. The van der Waals surface area contributed by atoms with Crippen molar-refractivity contribution in [2.24, 2.45) is 7.05 Å². The normalized spacial score (nSPS) is 10.3. The van der Waals surface area contributed by atoms with E-state index in [1.807, 2.05) is 37.3 Å². The van der Waals surface area contributed by atoms with Gasteiger partial charge in [0.05, 0.1) is 5.56 Å². The number of amides is 1. The van der Waals surface area contributed by atoms with Gasteiger partial charge in [0.1, 0.15) is 0 Å². The van der Waals surface area contributed by atoms with Crippen LogP contribution in [0.1, 0.15) is 22.8 Å². The minimum atomic E-state index is -0.118. The molecule has 0 spiro atoms. The van der Waals surface area contributed by atoms with Gasteiger partial charge in [-0.1, -0.05) is 30.3 Å². The second kappa shape index (κ2) is 6.19. The molecule has 1 aromatic carbocycles. The van der Waals surface area contributed by atoms with Crippen molar-refractivity contribution < 1.29 is 4.79 Å². The van der Waals surface area contributed by atoms with E-state index < -0.39 is 0 Å². The molecule has 0 unspecified atom stereocenters. The Kier molecular flexibility index (Phi) is 4.35. The Hall–Kier alpha value is -2.36.